The normalized spacial score (nSPS) is 9.88. The van der Waals surface area contributed by atoms with Gasteiger partial charge in [0.1, 0.15) is 5.75 Å². The van der Waals surface area contributed by atoms with E-state index in [0.29, 0.717) is 29.3 Å². The number of ether oxygens (including phenoxy) is 1. The molecule has 0 saturated heterocycles. The maximum absolute atomic E-state index is 12.2. The predicted molar refractivity (Wildman–Crippen MR) is 100 cm³/mol. The van der Waals surface area contributed by atoms with E-state index in [1.165, 1.54) is 11.8 Å². The number of carbonyl (C=O) groups excluding carboxylic acids is 2. The number of nitriles is 1. The van der Waals surface area contributed by atoms with E-state index in [4.69, 9.17) is 10.00 Å². The van der Waals surface area contributed by atoms with Crippen molar-refractivity contribution >= 4 is 23.2 Å². The minimum absolute atomic E-state index is 0.139. The monoisotopic (exact) mass is 351 g/mol. The van der Waals surface area contributed by atoms with Gasteiger partial charge in [-0.15, -0.1) is 0 Å². The number of para-hydroxylation sites is 2. The van der Waals surface area contributed by atoms with E-state index < -0.39 is 0 Å². The van der Waals surface area contributed by atoms with Crippen molar-refractivity contribution in [2.24, 2.45) is 0 Å². The van der Waals surface area contributed by atoms with Gasteiger partial charge in [-0.3, -0.25) is 9.59 Å². The Kier molecular flexibility index (Phi) is 6.75. The fourth-order valence-corrected chi connectivity index (χ4v) is 2.47. The molecule has 134 valence electrons. The Hall–Kier alpha value is -3.33. The van der Waals surface area contributed by atoms with Gasteiger partial charge in [-0.25, -0.2) is 0 Å². The molecule has 0 heterocycles. The second-order valence-corrected chi connectivity index (χ2v) is 5.56. The largest absolute Gasteiger partial charge is 0.492 e. The highest BCUT2D eigenvalue weighted by atomic mass is 16.5. The molecule has 0 unspecified atom stereocenters. The van der Waals surface area contributed by atoms with E-state index in [2.05, 4.69) is 5.32 Å². The van der Waals surface area contributed by atoms with E-state index in [9.17, 15) is 9.59 Å². The zero-order valence-electron chi connectivity index (χ0n) is 14.9. The minimum atomic E-state index is -0.213. The lowest BCUT2D eigenvalue weighted by atomic mass is 10.2. The van der Waals surface area contributed by atoms with Crippen LogP contribution in [0.4, 0.5) is 11.4 Å². The topological polar surface area (TPSA) is 82.4 Å². The Labute approximate surface area is 153 Å². The first kappa shape index (κ1) is 19.0. The van der Waals surface area contributed by atoms with Gasteiger partial charge in [0, 0.05) is 25.6 Å². The van der Waals surface area contributed by atoms with Gasteiger partial charge in [-0.1, -0.05) is 12.1 Å². The molecule has 0 bridgehead atoms. The van der Waals surface area contributed by atoms with Crippen LogP contribution >= 0.6 is 0 Å². The van der Waals surface area contributed by atoms with Gasteiger partial charge in [0.25, 0.3) is 0 Å². The maximum Gasteiger partial charge on any atom is 0.226 e. The predicted octanol–water partition coefficient (Wildman–Crippen LogP) is 3.34. The van der Waals surface area contributed by atoms with Crippen molar-refractivity contribution in [1.29, 1.82) is 5.26 Å². The summed E-state index contributed by atoms with van der Waals surface area (Å²) in [6.45, 7) is 4.06. The molecule has 26 heavy (non-hydrogen) atoms. The van der Waals surface area contributed by atoms with Crippen LogP contribution in [0, 0.1) is 11.3 Å². The Balaban J connectivity index is 2.03. The zero-order chi connectivity index (χ0) is 18.9. The highest BCUT2D eigenvalue weighted by Gasteiger charge is 2.17. The van der Waals surface area contributed by atoms with Gasteiger partial charge in [-0.2, -0.15) is 5.26 Å². The SMILES string of the molecule is CCOc1ccccc1N(CCC(=O)Nc1ccc(C#N)cc1)C(C)=O. The van der Waals surface area contributed by atoms with Crippen LogP contribution in [0.25, 0.3) is 0 Å². The second kappa shape index (κ2) is 9.23. The summed E-state index contributed by atoms with van der Waals surface area (Å²) in [5.74, 6) is 0.232. The van der Waals surface area contributed by atoms with Crippen molar-refractivity contribution in [2.75, 3.05) is 23.4 Å². The number of nitrogens with zero attached hydrogens (tertiary/aromatic N) is 2. The van der Waals surface area contributed by atoms with Crippen LogP contribution in [0.5, 0.6) is 5.75 Å². The Morgan fingerprint density at radius 1 is 1.15 bits per heavy atom. The molecule has 1 N–H and O–H groups in total. The summed E-state index contributed by atoms with van der Waals surface area (Å²) in [4.78, 5) is 25.8. The molecule has 0 fully saturated rings. The molecule has 2 rings (SSSR count). The molecule has 0 saturated carbocycles. The first-order valence-electron chi connectivity index (χ1n) is 8.35. The molecular formula is C20H21N3O3. The average Bonchev–Trinajstić information content (AvgIpc) is 2.64. The molecule has 0 aliphatic heterocycles. The Morgan fingerprint density at radius 3 is 2.46 bits per heavy atom. The molecule has 6 nitrogen and oxygen atoms in total. The molecule has 2 amide bonds. The lowest BCUT2D eigenvalue weighted by Gasteiger charge is -2.23. The zero-order valence-corrected chi connectivity index (χ0v) is 14.9. The highest BCUT2D eigenvalue weighted by Crippen LogP contribution is 2.28. The van der Waals surface area contributed by atoms with Gasteiger partial charge in [-0.05, 0) is 43.3 Å². The van der Waals surface area contributed by atoms with Crippen molar-refractivity contribution in [3.8, 4) is 11.8 Å². The molecule has 2 aromatic rings. The van der Waals surface area contributed by atoms with Gasteiger partial charge >= 0.3 is 0 Å². The quantitative estimate of drug-likeness (QED) is 0.829. The molecule has 0 atom stereocenters. The molecule has 2 aromatic carbocycles. The summed E-state index contributed by atoms with van der Waals surface area (Å²) < 4.78 is 5.57. The fourth-order valence-electron chi connectivity index (χ4n) is 2.47. The Morgan fingerprint density at radius 2 is 1.85 bits per heavy atom. The lowest BCUT2D eigenvalue weighted by molar-refractivity contribution is -0.117. The van der Waals surface area contributed by atoms with E-state index >= 15 is 0 Å². The number of anilines is 2. The lowest BCUT2D eigenvalue weighted by Crippen LogP contribution is -2.32. The van der Waals surface area contributed by atoms with Gasteiger partial charge in [0.05, 0.1) is 23.9 Å². The van der Waals surface area contributed by atoms with E-state index in [1.54, 1.807) is 36.4 Å². The summed E-state index contributed by atoms with van der Waals surface area (Å²) in [7, 11) is 0. The van der Waals surface area contributed by atoms with Crippen molar-refractivity contribution < 1.29 is 14.3 Å². The Bertz CT molecular complexity index is 810. The number of amides is 2. The van der Waals surface area contributed by atoms with E-state index in [0.717, 1.165) is 0 Å². The smallest absolute Gasteiger partial charge is 0.226 e. The van der Waals surface area contributed by atoms with Crippen LogP contribution in [0.1, 0.15) is 25.8 Å². The van der Waals surface area contributed by atoms with Crippen LogP contribution < -0.4 is 15.0 Å². The third-order valence-corrected chi connectivity index (χ3v) is 3.70. The van der Waals surface area contributed by atoms with Crippen LogP contribution in [-0.4, -0.2) is 25.0 Å². The molecule has 0 aromatic heterocycles. The van der Waals surface area contributed by atoms with Crippen molar-refractivity contribution in [3.05, 3.63) is 54.1 Å². The minimum Gasteiger partial charge on any atom is -0.492 e. The van der Waals surface area contributed by atoms with Gasteiger partial charge in [0.2, 0.25) is 11.8 Å². The van der Waals surface area contributed by atoms with E-state index in [-0.39, 0.29) is 24.8 Å². The number of benzene rings is 2. The molecule has 0 aliphatic carbocycles. The van der Waals surface area contributed by atoms with Crippen molar-refractivity contribution in [1.82, 2.24) is 0 Å². The molecule has 0 spiro atoms. The highest BCUT2D eigenvalue weighted by molar-refractivity contribution is 5.95. The summed E-state index contributed by atoms with van der Waals surface area (Å²) in [5.41, 5.74) is 1.78. The number of hydrogen-bond donors (Lipinski definition) is 1. The van der Waals surface area contributed by atoms with Crippen molar-refractivity contribution in [3.63, 3.8) is 0 Å². The average molecular weight is 351 g/mol. The van der Waals surface area contributed by atoms with Crippen molar-refractivity contribution in [2.45, 2.75) is 20.3 Å². The van der Waals surface area contributed by atoms with Gasteiger partial charge < -0.3 is 15.0 Å². The summed E-state index contributed by atoms with van der Waals surface area (Å²) in [6, 6.07) is 15.9. The fraction of sp³-hybridized carbons (Fsp3) is 0.250. The maximum atomic E-state index is 12.2. The molecule has 0 aliphatic rings. The third kappa shape index (κ3) is 5.08. The third-order valence-electron chi connectivity index (χ3n) is 3.70. The van der Waals surface area contributed by atoms with Crippen LogP contribution in [0.3, 0.4) is 0 Å². The van der Waals surface area contributed by atoms with E-state index in [1.807, 2.05) is 25.1 Å². The van der Waals surface area contributed by atoms with Gasteiger partial charge in [0.15, 0.2) is 0 Å². The van der Waals surface area contributed by atoms with Crippen LogP contribution in [-0.2, 0) is 9.59 Å². The van der Waals surface area contributed by atoms with Crippen LogP contribution in [0.15, 0.2) is 48.5 Å². The molecule has 6 heteroatoms. The molecule has 0 radical (unpaired) electrons. The summed E-state index contributed by atoms with van der Waals surface area (Å²) in [6.07, 6.45) is 0.139. The first-order chi connectivity index (χ1) is 12.5. The molecular weight excluding hydrogens is 330 g/mol. The summed E-state index contributed by atoms with van der Waals surface area (Å²) >= 11 is 0. The number of nitrogens with one attached hydrogen (secondary N) is 1. The second-order valence-electron chi connectivity index (χ2n) is 5.56. The number of hydrogen-bond acceptors (Lipinski definition) is 4. The first-order valence-corrected chi connectivity index (χ1v) is 8.35. The van der Waals surface area contributed by atoms with Crippen LogP contribution in [0.2, 0.25) is 0 Å². The number of rotatable bonds is 7. The summed E-state index contributed by atoms with van der Waals surface area (Å²) in [5, 5.41) is 11.6. The number of carbonyl (C=O) groups is 2. The standard InChI is InChI=1S/C20H21N3O3/c1-3-26-19-7-5-4-6-18(19)23(15(2)24)13-12-20(25)22-17-10-8-16(14-21)9-11-17/h4-11H,3,12-13H2,1-2H3,(H,22,25).